The van der Waals surface area contributed by atoms with E-state index in [0.29, 0.717) is 30.6 Å². The SMILES string of the molecule is Cc1nc(C2CCN(C(=O)Cn3nc(-c4ccccc4)nc3[C@H](C)N)CC2)no1.Cl. The lowest BCUT2D eigenvalue weighted by atomic mass is 9.96. The maximum Gasteiger partial charge on any atom is 0.244 e. The lowest BCUT2D eigenvalue weighted by Gasteiger charge is -2.30. The van der Waals surface area contributed by atoms with Gasteiger partial charge in [0.15, 0.2) is 11.6 Å². The van der Waals surface area contributed by atoms with E-state index in [2.05, 4.69) is 20.2 Å². The van der Waals surface area contributed by atoms with Gasteiger partial charge in [0, 0.05) is 31.5 Å². The number of nitrogens with two attached hydrogens (primary N) is 1. The van der Waals surface area contributed by atoms with Gasteiger partial charge >= 0.3 is 0 Å². The molecule has 3 heterocycles. The first-order chi connectivity index (χ1) is 14.0. The van der Waals surface area contributed by atoms with E-state index in [1.165, 1.54) is 0 Å². The van der Waals surface area contributed by atoms with Gasteiger partial charge in [-0.3, -0.25) is 4.79 Å². The van der Waals surface area contributed by atoms with Gasteiger partial charge in [-0.1, -0.05) is 35.5 Å². The summed E-state index contributed by atoms with van der Waals surface area (Å²) in [5.41, 5.74) is 6.97. The number of benzene rings is 1. The molecule has 10 heteroatoms. The van der Waals surface area contributed by atoms with Gasteiger partial charge in [0.25, 0.3) is 0 Å². The molecule has 0 radical (unpaired) electrons. The summed E-state index contributed by atoms with van der Waals surface area (Å²) < 4.78 is 6.70. The average Bonchev–Trinajstić information content (AvgIpc) is 3.35. The van der Waals surface area contributed by atoms with Crippen molar-refractivity contribution in [2.75, 3.05) is 13.1 Å². The minimum absolute atomic E-state index is 0. The number of nitrogens with zero attached hydrogens (tertiary/aromatic N) is 6. The van der Waals surface area contributed by atoms with Crippen molar-refractivity contribution < 1.29 is 9.32 Å². The third-order valence-electron chi connectivity index (χ3n) is 5.18. The van der Waals surface area contributed by atoms with Gasteiger partial charge in [0.1, 0.15) is 12.4 Å². The first-order valence-corrected chi connectivity index (χ1v) is 9.85. The highest BCUT2D eigenvalue weighted by molar-refractivity contribution is 5.85. The van der Waals surface area contributed by atoms with Crippen molar-refractivity contribution in [2.45, 2.75) is 45.2 Å². The first kappa shape index (κ1) is 21.9. The van der Waals surface area contributed by atoms with Crippen LogP contribution < -0.4 is 5.73 Å². The summed E-state index contributed by atoms with van der Waals surface area (Å²) in [4.78, 5) is 23.6. The lowest BCUT2D eigenvalue weighted by molar-refractivity contribution is -0.133. The van der Waals surface area contributed by atoms with Gasteiger partial charge in [0.2, 0.25) is 11.8 Å². The first-order valence-electron chi connectivity index (χ1n) is 9.85. The zero-order valence-electron chi connectivity index (χ0n) is 17.1. The molecular formula is C20H26ClN7O2. The maximum atomic E-state index is 12.9. The highest BCUT2D eigenvalue weighted by Crippen LogP contribution is 2.26. The molecule has 9 nitrogen and oxygen atoms in total. The standard InChI is InChI=1S/C20H25N7O2.ClH/c1-13(21)20-23-18(15-6-4-3-5-7-15)24-27(20)12-17(28)26-10-8-16(9-11-26)19-22-14(2)29-25-19;/h3-7,13,16H,8-12,21H2,1-2H3;1H/t13-;/m0./s1. The molecule has 1 atom stereocenters. The summed E-state index contributed by atoms with van der Waals surface area (Å²) in [6.45, 7) is 5.07. The van der Waals surface area contributed by atoms with Crippen LogP contribution in [0.4, 0.5) is 0 Å². The second-order valence-electron chi connectivity index (χ2n) is 7.43. The summed E-state index contributed by atoms with van der Waals surface area (Å²) in [5.74, 6) is 2.73. The summed E-state index contributed by atoms with van der Waals surface area (Å²) in [7, 11) is 0. The molecule has 0 bridgehead atoms. The van der Waals surface area contributed by atoms with Crippen molar-refractivity contribution in [1.29, 1.82) is 0 Å². The predicted molar refractivity (Wildman–Crippen MR) is 113 cm³/mol. The molecular weight excluding hydrogens is 406 g/mol. The van der Waals surface area contributed by atoms with Gasteiger partial charge in [-0.15, -0.1) is 12.4 Å². The third kappa shape index (κ3) is 4.68. The van der Waals surface area contributed by atoms with E-state index in [9.17, 15) is 4.79 Å². The van der Waals surface area contributed by atoms with E-state index in [-0.39, 0.29) is 36.8 Å². The van der Waals surface area contributed by atoms with Gasteiger partial charge in [0.05, 0.1) is 6.04 Å². The van der Waals surface area contributed by atoms with Crippen LogP contribution in [0.1, 0.15) is 49.3 Å². The van der Waals surface area contributed by atoms with E-state index >= 15 is 0 Å². The van der Waals surface area contributed by atoms with E-state index in [1.807, 2.05) is 42.2 Å². The van der Waals surface area contributed by atoms with Crippen molar-refractivity contribution in [3.63, 3.8) is 0 Å². The molecule has 1 fully saturated rings. The van der Waals surface area contributed by atoms with Gasteiger partial charge in [-0.05, 0) is 19.8 Å². The Morgan fingerprint density at radius 2 is 1.93 bits per heavy atom. The van der Waals surface area contributed by atoms with Crippen LogP contribution in [0.15, 0.2) is 34.9 Å². The van der Waals surface area contributed by atoms with Crippen LogP contribution in [0.5, 0.6) is 0 Å². The number of piperidine rings is 1. The molecule has 30 heavy (non-hydrogen) atoms. The average molecular weight is 432 g/mol. The monoisotopic (exact) mass is 431 g/mol. The normalized spacial score (nSPS) is 15.6. The van der Waals surface area contributed by atoms with Gasteiger partial charge < -0.3 is 15.2 Å². The Bertz CT molecular complexity index is 978. The molecule has 160 valence electrons. The Morgan fingerprint density at radius 1 is 1.23 bits per heavy atom. The number of hydrogen-bond acceptors (Lipinski definition) is 7. The number of halogens is 1. The zero-order valence-corrected chi connectivity index (χ0v) is 17.9. The number of carbonyl (C=O) groups is 1. The Morgan fingerprint density at radius 3 is 2.53 bits per heavy atom. The number of aromatic nitrogens is 5. The van der Waals surface area contributed by atoms with E-state index in [1.54, 1.807) is 11.6 Å². The van der Waals surface area contributed by atoms with Gasteiger partial charge in [-0.25, -0.2) is 9.67 Å². The van der Waals surface area contributed by atoms with Crippen LogP contribution in [-0.4, -0.2) is 48.8 Å². The van der Waals surface area contributed by atoms with Crippen LogP contribution in [0.2, 0.25) is 0 Å². The molecule has 1 amide bonds. The molecule has 1 aliphatic heterocycles. The Kier molecular flexibility index (Phi) is 6.84. The Hall–Kier alpha value is -2.78. The molecule has 1 saturated heterocycles. The molecule has 3 aromatic rings. The van der Waals surface area contributed by atoms with Crippen molar-refractivity contribution in [3.05, 3.63) is 47.9 Å². The topological polar surface area (TPSA) is 116 Å². The summed E-state index contributed by atoms with van der Waals surface area (Å²) in [6, 6.07) is 9.37. The summed E-state index contributed by atoms with van der Waals surface area (Å²) in [5, 5.41) is 8.56. The minimum atomic E-state index is -0.319. The number of likely N-dealkylation sites (tertiary alicyclic amines) is 1. The fraction of sp³-hybridized carbons (Fsp3) is 0.450. The van der Waals surface area contributed by atoms with Crippen molar-refractivity contribution in [2.24, 2.45) is 5.73 Å². The molecule has 0 saturated carbocycles. The maximum absolute atomic E-state index is 12.9. The van der Waals surface area contributed by atoms with E-state index < -0.39 is 0 Å². The molecule has 4 rings (SSSR count). The fourth-order valence-electron chi connectivity index (χ4n) is 3.61. The summed E-state index contributed by atoms with van der Waals surface area (Å²) >= 11 is 0. The highest BCUT2D eigenvalue weighted by atomic mass is 35.5. The Labute approximate surface area is 181 Å². The number of amides is 1. The fourth-order valence-corrected chi connectivity index (χ4v) is 3.61. The molecule has 0 spiro atoms. The van der Waals surface area contributed by atoms with Crippen LogP contribution >= 0.6 is 12.4 Å². The van der Waals surface area contributed by atoms with Crippen molar-refractivity contribution in [1.82, 2.24) is 29.8 Å². The highest BCUT2D eigenvalue weighted by Gasteiger charge is 2.27. The van der Waals surface area contributed by atoms with Crippen LogP contribution in [0.3, 0.4) is 0 Å². The van der Waals surface area contributed by atoms with Crippen LogP contribution in [0.25, 0.3) is 11.4 Å². The molecule has 2 N–H and O–H groups in total. The minimum Gasteiger partial charge on any atom is -0.341 e. The van der Waals surface area contributed by atoms with Crippen LogP contribution in [0, 0.1) is 6.92 Å². The quantitative estimate of drug-likeness (QED) is 0.659. The Balaban J connectivity index is 0.00000256. The molecule has 0 unspecified atom stereocenters. The second-order valence-corrected chi connectivity index (χ2v) is 7.43. The molecule has 2 aromatic heterocycles. The third-order valence-corrected chi connectivity index (χ3v) is 5.18. The number of aryl methyl sites for hydroxylation is 1. The van der Waals surface area contributed by atoms with Crippen molar-refractivity contribution >= 4 is 18.3 Å². The van der Waals surface area contributed by atoms with Gasteiger partial charge in [-0.2, -0.15) is 10.1 Å². The second kappa shape index (κ2) is 9.36. The van der Waals surface area contributed by atoms with E-state index in [4.69, 9.17) is 10.3 Å². The van der Waals surface area contributed by atoms with Crippen molar-refractivity contribution in [3.8, 4) is 11.4 Å². The number of carbonyl (C=O) groups excluding carboxylic acids is 1. The molecule has 1 aromatic carbocycles. The summed E-state index contributed by atoms with van der Waals surface area (Å²) in [6.07, 6.45) is 1.63. The lowest BCUT2D eigenvalue weighted by Crippen LogP contribution is -2.40. The largest absolute Gasteiger partial charge is 0.341 e. The van der Waals surface area contributed by atoms with E-state index in [0.717, 1.165) is 24.2 Å². The molecule has 0 aliphatic carbocycles. The number of rotatable bonds is 5. The number of hydrogen-bond donors (Lipinski definition) is 1. The zero-order chi connectivity index (χ0) is 20.4. The molecule has 1 aliphatic rings. The smallest absolute Gasteiger partial charge is 0.244 e. The van der Waals surface area contributed by atoms with Crippen LogP contribution in [-0.2, 0) is 11.3 Å². The predicted octanol–water partition coefficient (Wildman–Crippen LogP) is 2.48.